The van der Waals surface area contributed by atoms with Gasteiger partial charge in [-0.3, -0.25) is 4.90 Å². The minimum absolute atomic E-state index is 0.246. The van der Waals surface area contributed by atoms with Crippen LogP contribution >= 0.6 is 0 Å². The van der Waals surface area contributed by atoms with E-state index in [4.69, 9.17) is 5.73 Å². The van der Waals surface area contributed by atoms with E-state index in [0.29, 0.717) is 5.75 Å². The summed E-state index contributed by atoms with van der Waals surface area (Å²) in [4.78, 5) is 4.67. The highest BCUT2D eigenvalue weighted by atomic mass is 32.2. The van der Waals surface area contributed by atoms with Crippen LogP contribution in [-0.4, -0.2) is 57.5 Å². The Balaban J connectivity index is 1.76. The minimum Gasteiger partial charge on any atom is -0.399 e. The molecular weight excluding hydrogens is 286 g/mol. The molecule has 0 spiro atoms. The van der Waals surface area contributed by atoms with Crippen LogP contribution in [0.25, 0.3) is 0 Å². The molecule has 0 radical (unpaired) electrons. The summed E-state index contributed by atoms with van der Waals surface area (Å²) < 4.78 is 22.9. The first-order valence-corrected chi connectivity index (χ1v) is 9.35. The Bertz CT molecular complexity index is 552. The average Bonchev–Trinajstić information content (AvgIpc) is 2.48. The van der Waals surface area contributed by atoms with Crippen LogP contribution in [0.15, 0.2) is 24.3 Å². The molecule has 2 N–H and O–H groups in total. The Morgan fingerprint density at radius 2 is 1.90 bits per heavy atom. The van der Waals surface area contributed by atoms with Crippen LogP contribution in [0.2, 0.25) is 0 Å². The lowest BCUT2D eigenvalue weighted by molar-refractivity contribution is 0.259. The number of piperazine rings is 1. The standard InChI is InChI=1S/C15H25N3O2S/c1-2-21(19,20)12-4-7-17-8-10-18(11-9-17)15-6-3-5-14(16)13-15/h3,5-6,13H,2,4,7-12,16H2,1H3. The number of benzene rings is 1. The normalized spacial score (nSPS) is 17.1. The highest BCUT2D eigenvalue weighted by Gasteiger charge is 2.17. The number of nitrogens with zero attached hydrogens (tertiary/aromatic N) is 2. The molecule has 1 heterocycles. The van der Waals surface area contributed by atoms with E-state index in [0.717, 1.165) is 44.8 Å². The van der Waals surface area contributed by atoms with Gasteiger partial charge in [0.25, 0.3) is 0 Å². The number of hydrogen-bond donors (Lipinski definition) is 1. The fraction of sp³-hybridized carbons (Fsp3) is 0.600. The SMILES string of the molecule is CCS(=O)(=O)CCCN1CCN(c2cccc(N)c2)CC1. The molecule has 6 heteroatoms. The topological polar surface area (TPSA) is 66.6 Å². The molecule has 0 bridgehead atoms. The van der Waals surface area contributed by atoms with Gasteiger partial charge in [0.15, 0.2) is 0 Å². The highest BCUT2D eigenvalue weighted by Crippen LogP contribution is 2.19. The van der Waals surface area contributed by atoms with E-state index in [-0.39, 0.29) is 5.75 Å². The molecule has 5 nitrogen and oxygen atoms in total. The molecule has 2 rings (SSSR count). The highest BCUT2D eigenvalue weighted by molar-refractivity contribution is 7.91. The number of nitrogen functional groups attached to an aromatic ring is 1. The maximum atomic E-state index is 11.5. The second-order valence-electron chi connectivity index (χ2n) is 5.51. The molecule has 0 atom stereocenters. The van der Waals surface area contributed by atoms with Crippen LogP contribution < -0.4 is 10.6 Å². The van der Waals surface area contributed by atoms with Gasteiger partial charge in [-0.25, -0.2) is 8.42 Å². The summed E-state index contributed by atoms with van der Waals surface area (Å²) >= 11 is 0. The summed E-state index contributed by atoms with van der Waals surface area (Å²) in [6.07, 6.45) is 0.731. The monoisotopic (exact) mass is 311 g/mol. The maximum absolute atomic E-state index is 11.5. The van der Waals surface area contributed by atoms with Crippen LogP contribution in [-0.2, 0) is 9.84 Å². The van der Waals surface area contributed by atoms with Crippen LogP contribution in [0.5, 0.6) is 0 Å². The second kappa shape index (κ2) is 7.13. The van der Waals surface area contributed by atoms with Gasteiger partial charge < -0.3 is 10.6 Å². The molecule has 0 aromatic heterocycles. The number of anilines is 2. The maximum Gasteiger partial charge on any atom is 0.150 e. The van der Waals surface area contributed by atoms with E-state index < -0.39 is 9.84 Å². The summed E-state index contributed by atoms with van der Waals surface area (Å²) in [5.74, 6) is 0.551. The number of hydrogen-bond acceptors (Lipinski definition) is 5. The fourth-order valence-electron chi connectivity index (χ4n) is 2.60. The molecule has 21 heavy (non-hydrogen) atoms. The zero-order valence-electron chi connectivity index (χ0n) is 12.7. The third-order valence-corrected chi connectivity index (χ3v) is 5.77. The summed E-state index contributed by atoms with van der Waals surface area (Å²) in [7, 11) is -2.83. The van der Waals surface area contributed by atoms with E-state index in [2.05, 4.69) is 15.9 Å². The van der Waals surface area contributed by atoms with Gasteiger partial charge in [-0.1, -0.05) is 13.0 Å². The smallest absolute Gasteiger partial charge is 0.150 e. The number of sulfone groups is 1. The van der Waals surface area contributed by atoms with Gasteiger partial charge in [0, 0.05) is 43.3 Å². The Hall–Kier alpha value is -1.27. The quantitative estimate of drug-likeness (QED) is 0.800. The third-order valence-electron chi connectivity index (χ3n) is 3.98. The van der Waals surface area contributed by atoms with Crippen molar-refractivity contribution in [2.75, 3.05) is 54.9 Å². The van der Waals surface area contributed by atoms with Crippen molar-refractivity contribution in [2.24, 2.45) is 0 Å². The molecule has 118 valence electrons. The molecule has 1 aliphatic rings. The summed E-state index contributed by atoms with van der Waals surface area (Å²) in [5.41, 5.74) is 7.78. The Morgan fingerprint density at radius 3 is 2.52 bits per heavy atom. The second-order valence-corrected chi connectivity index (χ2v) is 7.99. The van der Waals surface area contributed by atoms with Crippen molar-refractivity contribution in [3.63, 3.8) is 0 Å². The number of rotatable bonds is 6. The third kappa shape index (κ3) is 4.89. The number of nitrogens with two attached hydrogens (primary N) is 1. The van der Waals surface area contributed by atoms with Crippen LogP contribution in [0.4, 0.5) is 11.4 Å². The molecule has 1 aliphatic heterocycles. The summed E-state index contributed by atoms with van der Waals surface area (Å²) in [6.45, 7) is 6.44. The van der Waals surface area contributed by atoms with Gasteiger partial charge in [0.1, 0.15) is 9.84 Å². The zero-order valence-corrected chi connectivity index (χ0v) is 13.5. The lowest BCUT2D eigenvalue weighted by atomic mass is 10.2. The van der Waals surface area contributed by atoms with Gasteiger partial charge in [-0.2, -0.15) is 0 Å². The molecule has 1 fully saturated rings. The summed E-state index contributed by atoms with van der Waals surface area (Å²) in [5, 5.41) is 0. The van der Waals surface area contributed by atoms with Crippen molar-refractivity contribution in [2.45, 2.75) is 13.3 Å². The molecule has 1 saturated heterocycles. The molecule has 0 saturated carbocycles. The van der Waals surface area contributed by atoms with Crippen molar-refractivity contribution in [3.8, 4) is 0 Å². The molecular formula is C15H25N3O2S. The van der Waals surface area contributed by atoms with Crippen molar-refractivity contribution >= 4 is 21.2 Å². The van der Waals surface area contributed by atoms with Gasteiger partial charge in [-0.05, 0) is 31.2 Å². The predicted molar refractivity (Wildman–Crippen MR) is 88.5 cm³/mol. The predicted octanol–water partition coefficient (Wildman–Crippen LogP) is 1.22. The Labute approximate surface area is 127 Å². The van der Waals surface area contributed by atoms with Crippen molar-refractivity contribution in [1.29, 1.82) is 0 Å². The van der Waals surface area contributed by atoms with Crippen LogP contribution in [0.3, 0.4) is 0 Å². The lowest BCUT2D eigenvalue weighted by Gasteiger charge is -2.36. The first kappa shape index (κ1) is 16.1. The Morgan fingerprint density at radius 1 is 1.19 bits per heavy atom. The molecule has 0 aliphatic carbocycles. The van der Waals surface area contributed by atoms with E-state index >= 15 is 0 Å². The van der Waals surface area contributed by atoms with Crippen LogP contribution in [0, 0.1) is 0 Å². The van der Waals surface area contributed by atoms with Crippen molar-refractivity contribution in [3.05, 3.63) is 24.3 Å². The lowest BCUT2D eigenvalue weighted by Crippen LogP contribution is -2.46. The fourth-order valence-corrected chi connectivity index (χ4v) is 3.46. The molecule has 0 amide bonds. The minimum atomic E-state index is -2.83. The molecule has 0 unspecified atom stereocenters. The van der Waals surface area contributed by atoms with E-state index in [1.165, 1.54) is 5.69 Å². The van der Waals surface area contributed by atoms with Gasteiger partial charge in [-0.15, -0.1) is 0 Å². The van der Waals surface area contributed by atoms with E-state index in [1.807, 2.05) is 18.2 Å². The first-order chi connectivity index (χ1) is 10.00. The van der Waals surface area contributed by atoms with E-state index in [9.17, 15) is 8.42 Å². The van der Waals surface area contributed by atoms with Crippen molar-refractivity contribution in [1.82, 2.24) is 4.90 Å². The van der Waals surface area contributed by atoms with Gasteiger partial charge >= 0.3 is 0 Å². The van der Waals surface area contributed by atoms with Crippen molar-refractivity contribution < 1.29 is 8.42 Å². The average molecular weight is 311 g/mol. The molecule has 1 aromatic carbocycles. The zero-order chi connectivity index (χ0) is 15.3. The molecule has 1 aromatic rings. The summed E-state index contributed by atoms with van der Waals surface area (Å²) in [6, 6.07) is 7.96. The Kier molecular flexibility index (Phi) is 5.47. The largest absolute Gasteiger partial charge is 0.399 e. The first-order valence-electron chi connectivity index (χ1n) is 7.53. The van der Waals surface area contributed by atoms with E-state index in [1.54, 1.807) is 6.92 Å². The van der Waals surface area contributed by atoms with Gasteiger partial charge in [0.2, 0.25) is 0 Å². The van der Waals surface area contributed by atoms with Crippen LogP contribution in [0.1, 0.15) is 13.3 Å². The van der Waals surface area contributed by atoms with Gasteiger partial charge in [0.05, 0.1) is 5.75 Å².